The third-order valence-corrected chi connectivity index (χ3v) is 2.96. The summed E-state index contributed by atoms with van der Waals surface area (Å²) in [5.41, 5.74) is 0.580. The Balaban J connectivity index is 2.09. The Labute approximate surface area is 109 Å². The lowest BCUT2D eigenvalue weighted by Crippen LogP contribution is -2.31. The average molecular weight is 271 g/mol. The number of carboxylic acid groups (broad SMARTS) is 1. The van der Waals surface area contributed by atoms with Crippen molar-refractivity contribution in [3.05, 3.63) is 29.8 Å². The number of carboxylic acids is 1. The number of alkyl halides is 2. The van der Waals surface area contributed by atoms with Crippen LogP contribution in [0.25, 0.3) is 0 Å². The lowest BCUT2D eigenvalue weighted by Gasteiger charge is -2.21. The minimum Gasteiger partial charge on any atom is -0.480 e. The van der Waals surface area contributed by atoms with E-state index in [1.165, 1.54) is 6.07 Å². The first-order valence-corrected chi connectivity index (χ1v) is 6.05. The predicted molar refractivity (Wildman–Crippen MR) is 64.1 cm³/mol. The van der Waals surface area contributed by atoms with E-state index in [2.05, 4.69) is 4.74 Å². The lowest BCUT2D eigenvalue weighted by molar-refractivity contribution is -0.138. The first-order chi connectivity index (χ1) is 9.06. The van der Waals surface area contributed by atoms with Gasteiger partial charge >= 0.3 is 12.6 Å². The molecule has 0 saturated heterocycles. The van der Waals surface area contributed by atoms with E-state index in [1.54, 1.807) is 23.1 Å². The Morgan fingerprint density at radius 3 is 2.68 bits per heavy atom. The maximum atomic E-state index is 12.3. The molecule has 1 N–H and O–H groups in total. The molecule has 6 heteroatoms. The summed E-state index contributed by atoms with van der Waals surface area (Å²) in [5, 5.41) is 8.86. The Hall–Kier alpha value is -1.69. The summed E-state index contributed by atoms with van der Waals surface area (Å²) >= 11 is 0. The molecule has 0 atom stereocenters. The molecule has 1 aromatic rings. The average Bonchev–Trinajstić information content (AvgIpc) is 3.13. The highest BCUT2D eigenvalue weighted by molar-refractivity contribution is 5.69. The number of halogens is 2. The zero-order valence-corrected chi connectivity index (χ0v) is 10.3. The fourth-order valence-electron chi connectivity index (χ4n) is 1.99. The van der Waals surface area contributed by atoms with Gasteiger partial charge < -0.3 is 9.84 Å². The minimum atomic E-state index is -2.88. The molecule has 1 fully saturated rings. The molecule has 0 aliphatic heterocycles. The maximum absolute atomic E-state index is 12.3. The first kappa shape index (κ1) is 13.7. The van der Waals surface area contributed by atoms with Crippen LogP contribution in [0.4, 0.5) is 8.78 Å². The fourth-order valence-corrected chi connectivity index (χ4v) is 1.99. The molecule has 0 amide bonds. The van der Waals surface area contributed by atoms with Crippen LogP contribution >= 0.6 is 0 Å². The number of nitrogens with zero attached hydrogens (tertiary/aromatic N) is 1. The van der Waals surface area contributed by atoms with Gasteiger partial charge in [0.25, 0.3) is 0 Å². The van der Waals surface area contributed by atoms with Crippen LogP contribution in [0.15, 0.2) is 24.3 Å². The van der Waals surface area contributed by atoms with Crippen LogP contribution in [0.3, 0.4) is 0 Å². The molecule has 1 aliphatic rings. The molecule has 0 radical (unpaired) electrons. The Morgan fingerprint density at radius 2 is 2.11 bits per heavy atom. The SMILES string of the molecule is O=C(O)CN(Cc1ccccc1OC(F)F)C1CC1. The summed E-state index contributed by atoms with van der Waals surface area (Å²) < 4.78 is 29.0. The van der Waals surface area contributed by atoms with Crippen molar-refractivity contribution in [3.8, 4) is 5.75 Å². The van der Waals surface area contributed by atoms with Crippen LogP contribution in [0.5, 0.6) is 5.75 Å². The van der Waals surface area contributed by atoms with Crippen LogP contribution in [0.1, 0.15) is 18.4 Å². The van der Waals surface area contributed by atoms with Crippen molar-refractivity contribution in [2.75, 3.05) is 6.54 Å². The van der Waals surface area contributed by atoms with Gasteiger partial charge in [-0.1, -0.05) is 18.2 Å². The van der Waals surface area contributed by atoms with Gasteiger partial charge in [0.05, 0.1) is 6.54 Å². The van der Waals surface area contributed by atoms with Gasteiger partial charge in [-0.2, -0.15) is 8.78 Å². The molecule has 0 heterocycles. The van der Waals surface area contributed by atoms with Gasteiger partial charge in [0, 0.05) is 18.2 Å². The van der Waals surface area contributed by atoms with E-state index < -0.39 is 12.6 Å². The molecule has 1 saturated carbocycles. The molecule has 0 bridgehead atoms. The molecule has 19 heavy (non-hydrogen) atoms. The number of rotatable bonds is 7. The van der Waals surface area contributed by atoms with Crippen LogP contribution in [-0.4, -0.2) is 35.2 Å². The summed E-state index contributed by atoms with van der Waals surface area (Å²) in [6.07, 6.45) is 1.90. The Morgan fingerprint density at radius 1 is 1.42 bits per heavy atom. The summed E-state index contributed by atoms with van der Waals surface area (Å²) in [4.78, 5) is 12.6. The van der Waals surface area contributed by atoms with Gasteiger partial charge in [-0.05, 0) is 18.9 Å². The molecular weight excluding hydrogens is 256 g/mol. The Kier molecular flexibility index (Phi) is 4.31. The van der Waals surface area contributed by atoms with Crippen molar-refractivity contribution in [3.63, 3.8) is 0 Å². The number of ether oxygens (including phenoxy) is 1. The van der Waals surface area contributed by atoms with Gasteiger partial charge in [-0.25, -0.2) is 0 Å². The third kappa shape index (κ3) is 4.17. The quantitative estimate of drug-likeness (QED) is 0.827. The molecule has 0 unspecified atom stereocenters. The predicted octanol–water partition coefficient (Wildman–Crippen LogP) is 2.34. The van der Waals surface area contributed by atoms with Crippen molar-refractivity contribution in [2.45, 2.75) is 32.0 Å². The normalized spacial score (nSPS) is 14.9. The standard InChI is InChI=1S/C13H15F2NO3/c14-13(15)19-11-4-2-1-3-9(11)7-16(8-12(17)18)10-5-6-10/h1-4,10,13H,5-8H2,(H,17,18). The van der Waals surface area contributed by atoms with E-state index in [9.17, 15) is 13.6 Å². The Bertz CT molecular complexity index is 449. The van der Waals surface area contributed by atoms with Crippen LogP contribution in [0.2, 0.25) is 0 Å². The monoisotopic (exact) mass is 271 g/mol. The van der Waals surface area contributed by atoms with Crippen LogP contribution in [0, 0.1) is 0 Å². The van der Waals surface area contributed by atoms with Crippen molar-refractivity contribution in [1.82, 2.24) is 4.90 Å². The maximum Gasteiger partial charge on any atom is 0.387 e. The summed E-state index contributed by atoms with van der Waals surface area (Å²) in [5.74, 6) is -0.812. The highest BCUT2D eigenvalue weighted by Crippen LogP contribution is 2.30. The lowest BCUT2D eigenvalue weighted by atomic mass is 10.2. The van der Waals surface area contributed by atoms with Crippen molar-refractivity contribution < 1.29 is 23.4 Å². The molecule has 0 spiro atoms. The summed E-state index contributed by atoms with van der Waals surface area (Å²) in [7, 11) is 0. The number of aliphatic carboxylic acids is 1. The van der Waals surface area contributed by atoms with Gasteiger partial charge in [-0.3, -0.25) is 9.69 Å². The molecule has 4 nitrogen and oxygen atoms in total. The number of carbonyl (C=O) groups is 1. The fraction of sp³-hybridized carbons (Fsp3) is 0.462. The second-order valence-corrected chi connectivity index (χ2v) is 4.52. The smallest absolute Gasteiger partial charge is 0.387 e. The number of benzene rings is 1. The molecule has 104 valence electrons. The topological polar surface area (TPSA) is 49.8 Å². The van der Waals surface area contributed by atoms with Crippen molar-refractivity contribution in [2.24, 2.45) is 0 Å². The molecule has 1 aromatic carbocycles. The van der Waals surface area contributed by atoms with Crippen molar-refractivity contribution in [1.29, 1.82) is 0 Å². The van der Waals surface area contributed by atoms with E-state index in [0.717, 1.165) is 12.8 Å². The third-order valence-electron chi connectivity index (χ3n) is 2.96. The molecule has 0 aromatic heterocycles. The van der Waals surface area contributed by atoms with E-state index in [0.29, 0.717) is 12.1 Å². The van der Waals surface area contributed by atoms with E-state index >= 15 is 0 Å². The summed E-state index contributed by atoms with van der Waals surface area (Å²) in [6, 6.07) is 6.71. The van der Waals surface area contributed by atoms with Crippen LogP contribution < -0.4 is 4.74 Å². The van der Waals surface area contributed by atoms with E-state index in [-0.39, 0.29) is 18.3 Å². The number of para-hydroxylation sites is 1. The largest absolute Gasteiger partial charge is 0.480 e. The molecule has 1 aliphatic carbocycles. The second-order valence-electron chi connectivity index (χ2n) is 4.52. The number of hydrogen-bond donors (Lipinski definition) is 1. The van der Waals surface area contributed by atoms with E-state index in [4.69, 9.17) is 5.11 Å². The summed E-state index contributed by atoms with van der Waals surface area (Å²) in [6.45, 7) is -2.66. The van der Waals surface area contributed by atoms with Crippen LogP contribution in [-0.2, 0) is 11.3 Å². The highest BCUT2D eigenvalue weighted by atomic mass is 19.3. The first-order valence-electron chi connectivity index (χ1n) is 6.05. The van der Waals surface area contributed by atoms with Gasteiger partial charge in [-0.15, -0.1) is 0 Å². The zero-order valence-electron chi connectivity index (χ0n) is 10.3. The van der Waals surface area contributed by atoms with Gasteiger partial charge in [0.15, 0.2) is 0 Å². The number of hydrogen-bond acceptors (Lipinski definition) is 3. The van der Waals surface area contributed by atoms with Gasteiger partial charge in [0.2, 0.25) is 0 Å². The molecular formula is C13H15F2NO3. The van der Waals surface area contributed by atoms with E-state index in [1.807, 2.05) is 0 Å². The van der Waals surface area contributed by atoms with Gasteiger partial charge in [0.1, 0.15) is 5.75 Å². The zero-order chi connectivity index (χ0) is 13.8. The second kappa shape index (κ2) is 5.97. The minimum absolute atomic E-state index is 0.0896. The van der Waals surface area contributed by atoms with Crippen molar-refractivity contribution >= 4 is 5.97 Å². The molecule has 2 rings (SSSR count). The highest BCUT2D eigenvalue weighted by Gasteiger charge is 2.30.